The van der Waals surface area contributed by atoms with Crippen molar-refractivity contribution in [2.45, 2.75) is 19.4 Å². The van der Waals surface area contributed by atoms with Crippen molar-refractivity contribution in [3.63, 3.8) is 0 Å². The van der Waals surface area contributed by atoms with Gasteiger partial charge in [-0.2, -0.15) is 0 Å². The van der Waals surface area contributed by atoms with E-state index in [2.05, 4.69) is 5.32 Å². The Hall–Kier alpha value is -2.04. The van der Waals surface area contributed by atoms with Crippen LogP contribution >= 0.6 is 11.6 Å². The van der Waals surface area contributed by atoms with Gasteiger partial charge in [0.05, 0.1) is 24.8 Å². The van der Waals surface area contributed by atoms with E-state index in [0.29, 0.717) is 28.6 Å². The first-order valence-electron chi connectivity index (χ1n) is 7.05. The summed E-state index contributed by atoms with van der Waals surface area (Å²) in [6.07, 6.45) is -0.873. The van der Waals surface area contributed by atoms with Gasteiger partial charge in [0.1, 0.15) is 5.75 Å². The van der Waals surface area contributed by atoms with E-state index in [9.17, 15) is 9.90 Å². The molecule has 2 aromatic rings. The van der Waals surface area contributed by atoms with Crippen molar-refractivity contribution in [3.05, 3.63) is 59.1 Å². The number of ether oxygens (including phenoxy) is 1. The number of carbonyl (C=O) groups excluding carboxylic acids is 1. The van der Waals surface area contributed by atoms with Crippen LogP contribution in [-0.2, 0) is 4.79 Å². The molecule has 0 aliphatic rings. The molecule has 2 rings (SSSR count). The van der Waals surface area contributed by atoms with Crippen molar-refractivity contribution < 1.29 is 14.6 Å². The molecule has 0 fully saturated rings. The molecule has 2 aromatic carbocycles. The summed E-state index contributed by atoms with van der Waals surface area (Å²) in [5, 5.41) is 13.3. The third-order valence-corrected chi connectivity index (χ3v) is 3.32. The summed E-state index contributed by atoms with van der Waals surface area (Å²) in [6, 6.07) is 14.1. The second-order valence-electron chi connectivity index (χ2n) is 4.75. The van der Waals surface area contributed by atoms with Crippen LogP contribution in [-0.4, -0.2) is 17.6 Å². The summed E-state index contributed by atoms with van der Waals surface area (Å²) in [6.45, 7) is 2.32. The van der Waals surface area contributed by atoms with Crippen molar-refractivity contribution in [1.82, 2.24) is 0 Å². The maximum Gasteiger partial charge on any atom is 0.227 e. The van der Waals surface area contributed by atoms with Gasteiger partial charge in [0.15, 0.2) is 0 Å². The van der Waals surface area contributed by atoms with Crippen LogP contribution in [0.2, 0.25) is 5.02 Å². The molecule has 1 amide bonds. The Bertz CT molecular complexity index is 631. The predicted molar refractivity (Wildman–Crippen MR) is 87.3 cm³/mol. The van der Waals surface area contributed by atoms with Gasteiger partial charge in [0.2, 0.25) is 5.91 Å². The molecule has 0 aliphatic carbocycles. The first-order valence-corrected chi connectivity index (χ1v) is 7.43. The number of halogens is 1. The Labute approximate surface area is 134 Å². The highest BCUT2D eigenvalue weighted by molar-refractivity contribution is 6.30. The van der Waals surface area contributed by atoms with Crippen LogP contribution in [0.15, 0.2) is 48.5 Å². The second kappa shape index (κ2) is 7.82. The summed E-state index contributed by atoms with van der Waals surface area (Å²) >= 11 is 5.92. The summed E-state index contributed by atoms with van der Waals surface area (Å²) in [5.74, 6) is 0.220. The third kappa shape index (κ3) is 4.48. The number of hydrogen-bond donors (Lipinski definition) is 2. The van der Waals surface area contributed by atoms with E-state index in [1.165, 1.54) is 0 Å². The first kappa shape index (κ1) is 16.3. The molecule has 116 valence electrons. The van der Waals surface area contributed by atoms with Gasteiger partial charge >= 0.3 is 0 Å². The molecule has 0 radical (unpaired) electrons. The topological polar surface area (TPSA) is 58.6 Å². The molecule has 0 saturated carbocycles. The number of carbonyl (C=O) groups is 1. The Morgan fingerprint density at radius 2 is 2.00 bits per heavy atom. The normalized spacial score (nSPS) is 11.8. The van der Waals surface area contributed by atoms with Crippen LogP contribution in [0.1, 0.15) is 25.0 Å². The molecule has 0 heterocycles. The first-order chi connectivity index (χ1) is 10.6. The van der Waals surface area contributed by atoms with E-state index in [0.717, 1.165) is 0 Å². The van der Waals surface area contributed by atoms with Crippen molar-refractivity contribution in [1.29, 1.82) is 0 Å². The lowest BCUT2D eigenvalue weighted by Crippen LogP contribution is -2.16. The zero-order chi connectivity index (χ0) is 15.9. The number of nitrogens with one attached hydrogen (secondary N) is 1. The number of amides is 1. The van der Waals surface area contributed by atoms with E-state index in [1.807, 2.05) is 25.1 Å². The lowest BCUT2D eigenvalue weighted by Gasteiger charge is -2.14. The predicted octanol–water partition coefficient (Wildman–Crippen LogP) is 3.80. The van der Waals surface area contributed by atoms with Crippen molar-refractivity contribution in [2.75, 3.05) is 11.9 Å². The summed E-state index contributed by atoms with van der Waals surface area (Å²) in [7, 11) is 0. The average molecular weight is 320 g/mol. The molecular formula is C17H18ClNO3. The summed E-state index contributed by atoms with van der Waals surface area (Å²) in [5.41, 5.74) is 1.25. The summed E-state index contributed by atoms with van der Waals surface area (Å²) < 4.78 is 5.45. The molecule has 0 aromatic heterocycles. The molecule has 5 heteroatoms. The third-order valence-electron chi connectivity index (χ3n) is 3.08. The van der Waals surface area contributed by atoms with Crippen LogP contribution in [0.3, 0.4) is 0 Å². The van der Waals surface area contributed by atoms with Crippen LogP contribution in [0, 0.1) is 0 Å². The molecule has 1 unspecified atom stereocenters. The number of rotatable bonds is 6. The van der Waals surface area contributed by atoms with Gasteiger partial charge in [0, 0.05) is 11.1 Å². The van der Waals surface area contributed by atoms with Gasteiger partial charge in [-0.05, 0) is 24.6 Å². The minimum atomic E-state index is -0.843. The fourth-order valence-electron chi connectivity index (χ4n) is 2.04. The van der Waals surface area contributed by atoms with Crippen LogP contribution in [0.5, 0.6) is 5.75 Å². The smallest absolute Gasteiger partial charge is 0.227 e. The number of aliphatic hydroxyl groups excluding tert-OH is 1. The number of benzene rings is 2. The van der Waals surface area contributed by atoms with Crippen molar-refractivity contribution in [3.8, 4) is 5.75 Å². The van der Waals surface area contributed by atoms with E-state index in [-0.39, 0.29) is 12.3 Å². The van der Waals surface area contributed by atoms with Gasteiger partial charge in [-0.1, -0.05) is 41.9 Å². The fraction of sp³-hybridized carbons (Fsp3) is 0.235. The van der Waals surface area contributed by atoms with Crippen LogP contribution in [0.25, 0.3) is 0 Å². The van der Waals surface area contributed by atoms with Gasteiger partial charge < -0.3 is 15.2 Å². The zero-order valence-electron chi connectivity index (χ0n) is 12.3. The Morgan fingerprint density at radius 3 is 2.68 bits per heavy atom. The van der Waals surface area contributed by atoms with Crippen LogP contribution in [0.4, 0.5) is 5.69 Å². The molecule has 2 N–H and O–H groups in total. The molecular weight excluding hydrogens is 302 g/mol. The van der Waals surface area contributed by atoms with E-state index in [4.69, 9.17) is 16.3 Å². The van der Waals surface area contributed by atoms with E-state index < -0.39 is 6.10 Å². The Balaban J connectivity index is 2.03. The number of aliphatic hydroxyl groups is 1. The molecule has 0 bridgehead atoms. The number of hydrogen-bond acceptors (Lipinski definition) is 3. The molecule has 0 aliphatic heterocycles. The van der Waals surface area contributed by atoms with Crippen molar-refractivity contribution in [2.24, 2.45) is 0 Å². The maximum absolute atomic E-state index is 12.1. The second-order valence-corrected chi connectivity index (χ2v) is 5.19. The Kier molecular flexibility index (Phi) is 5.81. The van der Waals surface area contributed by atoms with Crippen LogP contribution < -0.4 is 10.1 Å². The minimum absolute atomic E-state index is 0.0296. The molecule has 0 saturated heterocycles. The Morgan fingerprint density at radius 1 is 1.27 bits per heavy atom. The molecule has 22 heavy (non-hydrogen) atoms. The lowest BCUT2D eigenvalue weighted by atomic mass is 10.1. The lowest BCUT2D eigenvalue weighted by molar-refractivity contribution is -0.118. The van der Waals surface area contributed by atoms with E-state index in [1.54, 1.807) is 30.3 Å². The SMILES string of the molecule is CCOc1cc(Cl)ccc1NC(=O)CC(O)c1ccccc1. The summed E-state index contributed by atoms with van der Waals surface area (Å²) in [4.78, 5) is 12.1. The van der Waals surface area contributed by atoms with Gasteiger partial charge in [0.25, 0.3) is 0 Å². The molecule has 1 atom stereocenters. The number of anilines is 1. The van der Waals surface area contributed by atoms with Gasteiger partial charge in [-0.25, -0.2) is 0 Å². The highest BCUT2D eigenvalue weighted by Crippen LogP contribution is 2.28. The van der Waals surface area contributed by atoms with Gasteiger partial charge in [-0.15, -0.1) is 0 Å². The highest BCUT2D eigenvalue weighted by Gasteiger charge is 2.14. The maximum atomic E-state index is 12.1. The fourth-order valence-corrected chi connectivity index (χ4v) is 2.21. The minimum Gasteiger partial charge on any atom is -0.492 e. The standard InChI is InChI=1S/C17H18ClNO3/c1-2-22-16-10-13(18)8-9-14(16)19-17(21)11-15(20)12-6-4-3-5-7-12/h3-10,15,20H,2,11H2,1H3,(H,19,21). The van der Waals surface area contributed by atoms with Crippen molar-refractivity contribution >= 4 is 23.2 Å². The molecule has 4 nitrogen and oxygen atoms in total. The zero-order valence-corrected chi connectivity index (χ0v) is 13.0. The molecule has 0 spiro atoms. The largest absolute Gasteiger partial charge is 0.492 e. The monoisotopic (exact) mass is 319 g/mol. The van der Waals surface area contributed by atoms with E-state index >= 15 is 0 Å². The highest BCUT2D eigenvalue weighted by atomic mass is 35.5. The van der Waals surface area contributed by atoms with Gasteiger partial charge in [-0.3, -0.25) is 4.79 Å². The average Bonchev–Trinajstić information content (AvgIpc) is 2.51. The quantitative estimate of drug-likeness (QED) is 0.851.